The first-order chi connectivity index (χ1) is 7.59. The molecule has 0 aromatic rings. The maximum atomic E-state index is 10.8. The lowest BCUT2D eigenvalue weighted by molar-refractivity contribution is -0.119. The van der Waals surface area contributed by atoms with Crippen LogP contribution in [0.5, 0.6) is 0 Å². The van der Waals surface area contributed by atoms with E-state index < -0.39 is 11.9 Å². The van der Waals surface area contributed by atoms with E-state index in [2.05, 4.69) is 4.90 Å². The molecule has 2 atom stereocenters. The van der Waals surface area contributed by atoms with Crippen LogP contribution in [-0.2, 0) is 9.53 Å². The summed E-state index contributed by atoms with van der Waals surface area (Å²) in [4.78, 5) is 13.0. The predicted octanol–water partition coefficient (Wildman–Crippen LogP) is -0.452. The minimum Gasteiger partial charge on any atom is -0.381 e. The number of nitrogens with two attached hydrogens (primary N) is 2. The minimum atomic E-state index is -0.523. The number of nitrogens with zero attached hydrogens (tertiary/aromatic N) is 1. The first kappa shape index (κ1) is 13.4. The van der Waals surface area contributed by atoms with Crippen LogP contribution in [0.2, 0.25) is 0 Å². The smallest absolute Gasteiger partial charge is 0.234 e. The number of rotatable bonds is 6. The van der Waals surface area contributed by atoms with Crippen LogP contribution in [0.25, 0.3) is 0 Å². The second-order valence-electron chi connectivity index (χ2n) is 4.64. The summed E-state index contributed by atoms with van der Waals surface area (Å²) >= 11 is 0. The highest BCUT2D eigenvalue weighted by atomic mass is 16.5. The lowest BCUT2D eigenvalue weighted by Gasteiger charge is -2.27. The fraction of sp³-hybridized carbons (Fsp3) is 0.909. The van der Waals surface area contributed by atoms with Crippen molar-refractivity contribution in [2.45, 2.75) is 25.3 Å². The topological polar surface area (TPSA) is 81.6 Å². The van der Waals surface area contributed by atoms with Gasteiger partial charge in [0.1, 0.15) is 0 Å². The highest BCUT2D eigenvalue weighted by molar-refractivity contribution is 5.79. The molecule has 1 heterocycles. The Labute approximate surface area is 97.1 Å². The van der Waals surface area contributed by atoms with Gasteiger partial charge in [-0.2, -0.15) is 0 Å². The van der Waals surface area contributed by atoms with E-state index in [-0.39, 0.29) is 0 Å². The van der Waals surface area contributed by atoms with Crippen molar-refractivity contribution in [1.29, 1.82) is 0 Å². The molecular formula is C11H23N3O2. The molecule has 0 bridgehead atoms. The molecule has 0 spiro atoms. The molecule has 16 heavy (non-hydrogen) atoms. The summed E-state index contributed by atoms with van der Waals surface area (Å²) in [5.74, 6) is 0.193. The molecule has 5 heteroatoms. The third kappa shape index (κ3) is 4.92. The lowest BCUT2D eigenvalue weighted by atomic mass is 10.0. The maximum absolute atomic E-state index is 10.8. The normalized spacial score (nSPS) is 23.3. The lowest BCUT2D eigenvalue weighted by Crippen LogP contribution is -2.40. The Balaban J connectivity index is 2.14. The first-order valence-electron chi connectivity index (χ1n) is 5.90. The van der Waals surface area contributed by atoms with Crippen molar-refractivity contribution in [3.63, 3.8) is 0 Å². The fourth-order valence-electron chi connectivity index (χ4n) is 1.99. The highest BCUT2D eigenvalue weighted by Gasteiger charge is 2.16. The number of amides is 1. The van der Waals surface area contributed by atoms with Crippen LogP contribution in [0.3, 0.4) is 0 Å². The molecule has 0 aromatic heterocycles. The molecule has 1 saturated heterocycles. The molecule has 0 aromatic carbocycles. The summed E-state index contributed by atoms with van der Waals surface area (Å²) in [7, 11) is 2.04. The van der Waals surface area contributed by atoms with E-state index in [1.807, 2.05) is 7.05 Å². The van der Waals surface area contributed by atoms with Gasteiger partial charge in [0.15, 0.2) is 0 Å². The standard InChI is InChI=1S/C11H23N3O2/c1-14(5-4-10(12)11(13)15)7-9-3-2-6-16-8-9/h9-10H,2-8,12H2,1H3,(H2,13,15). The third-order valence-electron chi connectivity index (χ3n) is 3.01. The van der Waals surface area contributed by atoms with Crippen molar-refractivity contribution in [1.82, 2.24) is 4.90 Å². The number of hydrogen-bond acceptors (Lipinski definition) is 4. The predicted molar refractivity (Wildman–Crippen MR) is 62.8 cm³/mol. The Hall–Kier alpha value is -0.650. The van der Waals surface area contributed by atoms with E-state index >= 15 is 0 Å². The second kappa shape index (κ2) is 6.83. The Morgan fingerprint density at radius 2 is 2.38 bits per heavy atom. The van der Waals surface area contributed by atoms with E-state index in [0.29, 0.717) is 12.3 Å². The molecule has 1 rings (SSSR count). The maximum Gasteiger partial charge on any atom is 0.234 e. The number of primary amides is 1. The molecule has 2 unspecified atom stereocenters. The molecule has 0 saturated carbocycles. The van der Waals surface area contributed by atoms with Gasteiger partial charge in [0, 0.05) is 13.2 Å². The summed E-state index contributed by atoms with van der Waals surface area (Å²) in [5.41, 5.74) is 10.7. The largest absolute Gasteiger partial charge is 0.381 e. The van der Waals surface area contributed by atoms with Crippen molar-refractivity contribution < 1.29 is 9.53 Å². The van der Waals surface area contributed by atoms with E-state index in [1.54, 1.807) is 0 Å². The third-order valence-corrected chi connectivity index (χ3v) is 3.01. The molecule has 0 radical (unpaired) electrons. The molecule has 1 fully saturated rings. The molecule has 1 aliphatic heterocycles. The van der Waals surface area contributed by atoms with Gasteiger partial charge in [0.2, 0.25) is 5.91 Å². The van der Waals surface area contributed by atoms with E-state index in [0.717, 1.165) is 32.7 Å². The molecule has 5 nitrogen and oxygen atoms in total. The van der Waals surface area contributed by atoms with E-state index in [9.17, 15) is 4.79 Å². The van der Waals surface area contributed by atoms with Gasteiger partial charge in [-0.15, -0.1) is 0 Å². The van der Waals surface area contributed by atoms with E-state index in [1.165, 1.54) is 6.42 Å². The van der Waals surface area contributed by atoms with Gasteiger partial charge in [-0.05, 0) is 38.8 Å². The summed E-state index contributed by atoms with van der Waals surface area (Å²) in [6.07, 6.45) is 3.00. The zero-order valence-electron chi connectivity index (χ0n) is 10.0. The Kier molecular flexibility index (Phi) is 5.73. The van der Waals surface area contributed by atoms with Gasteiger partial charge in [0.25, 0.3) is 0 Å². The van der Waals surface area contributed by atoms with Crippen LogP contribution in [0.1, 0.15) is 19.3 Å². The summed E-state index contributed by atoms with van der Waals surface area (Å²) in [5, 5.41) is 0. The second-order valence-corrected chi connectivity index (χ2v) is 4.64. The number of carbonyl (C=O) groups is 1. The number of hydrogen-bond donors (Lipinski definition) is 2. The number of carbonyl (C=O) groups excluding carboxylic acids is 1. The Morgan fingerprint density at radius 3 is 2.94 bits per heavy atom. The van der Waals surface area contributed by atoms with Crippen LogP contribution < -0.4 is 11.5 Å². The van der Waals surface area contributed by atoms with Gasteiger partial charge < -0.3 is 21.1 Å². The molecule has 4 N–H and O–H groups in total. The van der Waals surface area contributed by atoms with Crippen molar-refractivity contribution in [3.05, 3.63) is 0 Å². The molecule has 0 aliphatic carbocycles. The van der Waals surface area contributed by atoms with Crippen molar-refractivity contribution in [3.8, 4) is 0 Å². The summed E-state index contributed by atoms with van der Waals surface area (Å²) in [6.45, 7) is 3.56. The SMILES string of the molecule is CN(CCC(N)C(N)=O)CC1CCCOC1. The summed E-state index contributed by atoms with van der Waals surface area (Å²) < 4.78 is 5.42. The highest BCUT2D eigenvalue weighted by Crippen LogP contribution is 2.14. The monoisotopic (exact) mass is 229 g/mol. The van der Waals surface area contributed by atoms with Crippen molar-refractivity contribution in [2.75, 3.05) is 33.4 Å². The van der Waals surface area contributed by atoms with Crippen LogP contribution in [0, 0.1) is 5.92 Å². The Bertz CT molecular complexity index is 217. The van der Waals surface area contributed by atoms with Gasteiger partial charge in [-0.3, -0.25) is 4.79 Å². The average molecular weight is 229 g/mol. The molecule has 94 valence electrons. The van der Waals surface area contributed by atoms with E-state index in [4.69, 9.17) is 16.2 Å². The number of ether oxygens (including phenoxy) is 1. The van der Waals surface area contributed by atoms with Gasteiger partial charge in [-0.1, -0.05) is 0 Å². The summed E-state index contributed by atoms with van der Waals surface area (Å²) in [6, 6.07) is -0.523. The average Bonchev–Trinajstić information content (AvgIpc) is 2.27. The minimum absolute atomic E-state index is 0.422. The molecule has 1 aliphatic rings. The van der Waals surface area contributed by atoms with Gasteiger partial charge in [0.05, 0.1) is 12.6 Å². The van der Waals surface area contributed by atoms with Crippen LogP contribution in [-0.4, -0.2) is 50.2 Å². The van der Waals surface area contributed by atoms with Crippen LogP contribution in [0.15, 0.2) is 0 Å². The van der Waals surface area contributed by atoms with Gasteiger partial charge >= 0.3 is 0 Å². The molecular weight excluding hydrogens is 206 g/mol. The van der Waals surface area contributed by atoms with Crippen molar-refractivity contribution in [2.24, 2.45) is 17.4 Å². The zero-order chi connectivity index (χ0) is 12.0. The van der Waals surface area contributed by atoms with Crippen molar-refractivity contribution >= 4 is 5.91 Å². The Morgan fingerprint density at radius 1 is 1.62 bits per heavy atom. The van der Waals surface area contributed by atoms with Gasteiger partial charge in [-0.25, -0.2) is 0 Å². The van der Waals surface area contributed by atoms with Crippen LogP contribution in [0.4, 0.5) is 0 Å². The molecule has 1 amide bonds. The van der Waals surface area contributed by atoms with Crippen LogP contribution >= 0.6 is 0 Å². The first-order valence-corrected chi connectivity index (χ1v) is 5.90. The quantitative estimate of drug-likeness (QED) is 0.646. The zero-order valence-corrected chi connectivity index (χ0v) is 10.0. The fourth-order valence-corrected chi connectivity index (χ4v) is 1.99.